The molecule has 0 aromatic rings. The molecule has 0 spiro atoms. The van der Waals surface area contributed by atoms with Crippen LogP contribution in [-0.4, -0.2) is 56.1 Å². The third-order valence-electron chi connectivity index (χ3n) is 2.07. The number of nitrogens with one attached hydrogen (secondary N) is 2. The fourth-order valence-electron chi connectivity index (χ4n) is 1.14. The molecule has 0 aliphatic heterocycles. The van der Waals surface area contributed by atoms with Crippen molar-refractivity contribution in [2.24, 2.45) is 0 Å². The van der Waals surface area contributed by atoms with E-state index in [0.29, 0.717) is 17.7 Å². The molecular formula is C9H22N3O2+. The zero-order valence-electron chi connectivity index (χ0n) is 9.50. The number of hydrogen-bond acceptors (Lipinski definition) is 2. The second-order valence-electron chi connectivity index (χ2n) is 4.09. The van der Waals surface area contributed by atoms with E-state index in [0.717, 1.165) is 6.42 Å². The summed E-state index contributed by atoms with van der Waals surface area (Å²) < 4.78 is 0.572. The molecule has 0 fully saturated rings. The van der Waals surface area contributed by atoms with Crippen LogP contribution in [0.1, 0.15) is 13.3 Å². The maximum atomic E-state index is 10.9. The van der Waals surface area contributed by atoms with Gasteiger partial charge < -0.3 is 14.9 Å². The van der Waals surface area contributed by atoms with Gasteiger partial charge in [0.2, 0.25) is 0 Å². The van der Waals surface area contributed by atoms with Crippen LogP contribution in [0.25, 0.3) is 0 Å². The molecule has 2 amide bonds. The molecule has 5 nitrogen and oxygen atoms in total. The minimum absolute atomic E-state index is 0.192. The Labute approximate surface area is 85.7 Å². The highest BCUT2D eigenvalue weighted by molar-refractivity contribution is 5.73. The fourth-order valence-corrected chi connectivity index (χ4v) is 1.14. The third-order valence-corrected chi connectivity index (χ3v) is 2.07. The average molecular weight is 204 g/mol. The normalized spacial score (nSPS) is 13.5. The molecule has 0 heterocycles. The number of carbonyl (C=O) groups excluding carboxylic acids is 1. The lowest BCUT2D eigenvalue weighted by atomic mass is 10.2. The molecule has 1 atom stereocenters. The highest BCUT2D eigenvalue weighted by Crippen LogP contribution is 2.00. The van der Waals surface area contributed by atoms with Gasteiger partial charge in [-0.15, -0.1) is 0 Å². The number of rotatable bonds is 5. The second-order valence-corrected chi connectivity index (χ2v) is 4.09. The molecule has 0 rings (SSSR count). The van der Waals surface area contributed by atoms with Crippen LogP contribution in [0, 0.1) is 0 Å². The van der Waals surface area contributed by atoms with Gasteiger partial charge >= 0.3 is 6.03 Å². The zero-order chi connectivity index (χ0) is 11.2. The Morgan fingerprint density at radius 3 is 2.50 bits per heavy atom. The quantitative estimate of drug-likeness (QED) is 0.426. The van der Waals surface area contributed by atoms with Gasteiger partial charge in [0.1, 0.15) is 12.6 Å². The largest absolute Gasteiger partial charge is 0.387 e. The van der Waals surface area contributed by atoms with Crippen LogP contribution in [0.4, 0.5) is 4.79 Å². The van der Waals surface area contributed by atoms with E-state index < -0.39 is 0 Å². The van der Waals surface area contributed by atoms with Crippen molar-refractivity contribution in [1.82, 2.24) is 10.6 Å². The molecule has 0 saturated heterocycles. The monoisotopic (exact) mass is 204 g/mol. The molecule has 14 heavy (non-hydrogen) atoms. The number of likely N-dealkylation sites (N-methyl/N-ethyl adjacent to an activating group) is 1. The van der Waals surface area contributed by atoms with Crippen LogP contribution in [-0.2, 0) is 0 Å². The van der Waals surface area contributed by atoms with Gasteiger partial charge in [-0.05, 0) is 6.42 Å². The minimum atomic E-state index is -0.309. The molecule has 3 N–H and O–H groups in total. The Morgan fingerprint density at radius 2 is 2.07 bits per heavy atom. The molecule has 0 aromatic carbocycles. The van der Waals surface area contributed by atoms with E-state index in [4.69, 9.17) is 0 Å². The summed E-state index contributed by atoms with van der Waals surface area (Å²) in [6.07, 6.45) is 0.429. The Hall–Kier alpha value is -0.810. The number of hydrogen-bond donors (Lipinski definition) is 3. The van der Waals surface area contributed by atoms with Gasteiger partial charge in [0.05, 0.1) is 14.1 Å². The molecule has 5 heteroatoms. The zero-order valence-corrected chi connectivity index (χ0v) is 9.50. The van der Waals surface area contributed by atoms with Crippen molar-refractivity contribution >= 4 is 6.03 Å². The molecule has 1 unspecified atom stereocenters. The number of urea groups is 1. The Kier molecular flexibility index (Phi) is 5.49. The molecule has 0 aromatic heterocycles. The lowest BCUT2D eigenvalue weighted by Crippen LogP contribution is -2.53. The van der Waals surface area contributed by atoms with Crippen molar-refractivity contribution in [3.8, 4) is 0 Å². The predicted molar refractivity (Wildman–Crippen MR) is 55.7 cm³/mol. The van der Waals surface area contributed by atoms with Gasteiger partial charge in [-0.1, -0.05) is 6.92 Å². The summed E-state index contributed by atoms with van der Waals surface area (Å²) in [4.78, 5) is 10.9. The summed E-state index contributed by atoms with van der Waals surface area (Å²) >= 11 is 0. The highest BCUT2D eigenvalue weighted by atomic mass is 16.3. The number of nitrogens with zero attached hydrogens (tertiary/aromatic N) is 1. The van der Waals surface area contributed by atoms with E-state index in [1.165, 1.54) is 0 Å². The van der Waals surface area contributed by atoms with Crippen molar-refractivity contribution in [1.29, 1.82) is 0 Å². The first kappa shape index (κ1) is 13.2. The van der Waals surface area contributed by atoms with Crippen LogP contribution in [0.15, 0.2) is 0 Å². The summed E-state index contributed by atoms with van der Waals surface area (Å²) in [5.74, 6) is 0. The van der Waals surface area contributed by atoms with E-state index in [1.54, 1.807) is 7.05 Å². The molecule has 84 valence electrons. The number of aliphatic hydroxyl groups excluding tert-OH is 1. The molecule has 0 aliphatic carbocycles. The van der Waals surface area contributed by atoms with E-state index in [2.05, 4.69) is 10.6 Å². The predicted octanol–water partition coefficient (Wildman–Crippen LogP) is -0.280. The summed E-state index contributed by atoms with van der Waals surface area (Å²) in [5.41, 5.74) is 0. The van der Waals surface area contributed by atoms with E-state index in [1.807, 2.05) is 21.0 Å². The number of amides is 2. The standard InChI is InChI=1S/C9H21N3O2/c1-5-8(13)6-12(3,4)7-11-9(14)10-2/h8,13H,5-7H2,1-4H3,(H-,10,11,14)/p+1. The van der Waals surface area contributed by atoms with Crippen LogP contribution in [0.3, 0.4) is 0 Å². The maximum absolute atomic E-state index is 10.9. The van der Waals surface area contributed by atoms with Crippen LogP contribution < -0.4 is 10.6 Å². The van der Waals surface area contributed by atoms with Gasteiger partial charge in [-0.2, -0.15) is 0 Å². The van der Waals surface area contributed by atoms with Crippen LogP contribution >= 0.6 is 0 Å². The topological polar surface area (TPSA) is 61.4 Å². The van der Waals surface area contributed by atoms with Crippen molar-refractivity contribution in [2.45, 2.75) is 19.4 Å². The summed E-state index contributed by atoms with van der Waals surface area (Å²) in [6, 6.07) is -0.192. The van der Waals surface area contributed by atoms with Gasteiger partial charge in [-0.25, -0.2) is 4.79 Å². The van der Waals surface area contributed by atoms with E-state index >= 15 is 0 Å². The summed E-state index contributed by atoms with van der Waals surface area (Å²) in [7, 11) is 5.51. The van der Waals surface area contributed by atoms with E-state index in [9.17, 15) is 9.90 Å². The Morgan fingerprint density at radius 1 is 1.50 bits per heavy atom. The fraction of sp³-hybridized carbons (Fsp3) is 0.889. The van der Waals surface area contributed by atoms with Crippen molar-refractivity contribution < 1.29 is 14.4 Å². The lowest BCUT2D eigenvalue weighted by molar-refractivity contribution is -0.895. The maximum Gasteiger partial charge on any atom is 0.318 e. The molecule has 0 saturated carbocycles. The summed E-state index contributed by atoms with van der Waals surface area (Å²) in [6.45, 7) is 3.09. The summed E-state index contributed by atoms with van der Waals surface area (Å²) in [5, 5.41) is 14.7. The number of carbonyl (C=O) groups is 1. The lowest BCUT2D eigenvalue weighted by Gasteiger charge is -2.31. The number of quaternary nitrogens is 1. The van der Waals surface area contributed by atoms with Gasteiger partial charge in [0.15, 0.2) is 6.67 Å². The molecule has 0 radical (unpaired) electrons. The first-order valence-corrected chi connectivity index (χ1v) is 4.87. The SMILES string of the molecule is CCC(O)C[N+](C)(C)CNC(=O)NC. The Bertz CT molecular complexity index is 183. The number of aliphatic hydroxyl groups is 1. The second kappa shape index (κ2) is 5.82. The first-order chi connectivity index (χ1) is 6.41. The molecule has 0 aliphatic rings. The molecular weight excluding hydrogens is 182 g/mol. The van der Waals surface area contributed by atoms with Crippen molar-refractivity contribution in [3.05, 3.63) is 0 Å². The van der Waals surface area contributed by atoms with Crippen molar-refractivity contribution in [3.63, 3.8) is 0 Å². The van der Waals surface area contributed by atoms with Gasteiger partial charge in [0.25, 0.3) is 0 Å². The smallest absolute Gasteiger partial charge is 0.318 e. The van der Waals surface area contributed by atoms with Crippen LogP contribution in [0.5, 0.6) is 0 Å². The minimum Gasteiger partial charge on any atom is -0.387 e. The Balaban J connectivity index is 3.88. The van der Waals surface area contributed by atoms with Gasteiger partial charge in [0, 0.05) is 7.05 Å². The highest BCUT2D eigenvalue weighted by Gasteiger charge is 2.19. The average Bonchev–Trinajstić information content (AvgIpc) is 2.13. The van der Waals surface area contributed by atoms with E-state index in [-0.39, 0.29) is 12.1 Å². The van der Waals surface area contributed by atoms with Crippen molar-refractivity contribution in [2.75, 3.05) is 34.4 Å². The van der Waals surface area contributed by atoms with Crippen LogP contribution in [0.2, 0.25) is 0 Å². The third kappa shape index (κ3) is 5.77. The first-order valence-electron chi connectivity index (χ1n) is 4.87. The van der Waals surface area contributed by atoms with Gasteiger partial charge in [-0.3, -0.25) is 5.32 Å². The molecule has 0 bridgehead atoms.